The highest BCUT2D eigenvalue weighted by atomic mass is 35.5. The van der Waals surface area contributed by atoms with Gasteiger partial charge in [0.15, 0.2) is 5.69 Å². The van der Waals surface area contributed by atoms with Crippen LogP contribution in [0.2, 0.25) is 15.1 Å². The van der Waals surface area contributed by atoms with Gasteiger partial charge in [-0.05, 0) is 49.6 Å². The van der Waals surface area contributed by atoms with Gasteiger partial charge in [0.05, 0.1) is 16.4 Å². The van der Waals surface area contributed by atoms with Crippen molar-refractivity contribution in [2.45, 2.75) is 25.7 Å². The minimum Gasteiger partial charge on any atom is -0.283 e. The Hall–Kier alpha value is -2.31. The Labute approximate surface area is 202 Å². The summed E-state index contributed by atoms with van der Waals surface area (Å²) in [7, 11) is 0. The monoisotopic (exact) mass is 488 g/mol. The van der Waals surface area contributed by atoms with Crippen LogP contribution in [0.1, 0.15) is 35.3 Å². The number of halogens is 3. The topological polar surface area (TPSA) is 50.2 Å². The molecule has 5 nitrogen and oxygen atoms in total. The summed E-state index contributed by atoms with van der Waals surface area (Å²) in [4.78, 5) is 13.3. The summed E-state index contributed by atoms with van der Waals surface area (Å²) in [6.07, 6.45) is 5.53. The number of nitrogens with zero attached hydrogens (tertiary/aromatic N) is 3. The molecule has 1 saturated heterocycles. The number of allylic oxidation sites excluding steroid dienone is 1. The van der Waals surface area contributed by atoms with E-state index < -0.39 is 0 Å². The van der Waals surface area contributed by atoms with Crippen LogP contribution in [0, 0.1) is 0 Å². The highest BCUT2D eigenvalue weighted by Crippen LogP contribution is 2.34. The molecule has 4 rings (SSSR count). The van der Waals surface area contributed by atoms with Crippen LogP contribution in [0.4, 0.5) is 0 Å². The van der Waals surface area contributed by atoms with Gasteiger partial charge in [0.1, 0.15) is 0 Å². The quantitative estimate of drug-likeness (QED) is 0.410. The van der Waals surface area contributed by atoms with Crippen molar-refractivity contribution in [2.24, 2.45) is 0 Å². The van der Waals surface area contributed by atoms with E-state index >= 15 is 0 Å². The van der Waals surface area contributed by atoms with E-state index in [0.717, 1.165) is 42.8 Å². The van der Waals surface area contributed by atoms with E-state index in [4.69, 9.17) is 39.9 Å². The molecule has 0 radical (unpaired) electrons. The van der Waals surface area contributed by atoms with Gasteiger partial charge >= 0.3 is 0 Å². The molecule has 0 spiro atoms. The van der Waals surface area contributed by atoms with Crippen LogP contribution in [0.15, 0.2) is 55.1 Å². The maximum Gasteiger partial charge on any atom is 0.286 e. The Morgan fingerprint density at radius 3 is 2.38 bits per heavy atom. The molecule has 2 aromatic carbocycles. The van der Waals surface area contributed by atoms with Gasteiger partial charge in [-0.1, -0.05) is 59.4 Å². The molecule has 1 aliphatic heterocycles. The van der Waals surface area contributed by atoms with Crippen molar-refractivity contribution in [3.8, 4) is 16.9 Å². The molecule has 0 atom stereocenters. The minimum atomic E-state index is -0.247. The molecule has 8 heteroatoms. The first-order valence-corrected chi connectivity index (χ1v) is 11.6. The SMILES string of the molecule is C=CCc1c(C(=O)NN2CCCCC2)nn(-c2ccc(Cl)cc2Cl)c1-c1ccc(Cl)cc1. The Balaban J connectivity index is 1.87. The molecule has 0 unspecified atom stereocenters. The molecular weight excluding hydrogens is 467 g/mol. The number of amides is 1. The number of hydrogen-bond acceptors (Lipinski definition) is 3. The van der Waals surface area contributed by atoms with Gasteiger partial charge in [0.2, 0.25) is 0 Å². The van der Waals surface area contributed by atoms with E-state index in [1.165, 1.54) is 6.42 Å². The molecule has 1 fully saturated rings. The van der Waals surface area contributed by atoms with Gasteiger partial charge in [-0.2, -0.15) is 5.10 Å². The first kappa shape index (κ1) is 22.9. The number of nitrogens with one attached hydrogen (secondary N) is 1. The van der Waals surface area contributed by atoms with E-state index in [-0.39, 0.29) is 5.91 Å². The molecule has 2 heterocycles. The summed E-state index contributed by atoms with van der Waals surface area (Å²) in [6.45, 7) is 5.55. The Kier molecular flexibility index (Phi) is 7.21. The molecule has 0 aliphatic carbocycles. The van der Waals surface area contributed by atoms with Crippen LogP contribution in [-0.2, 0) is 6.42 Å². The standard InChI is InChI=1S/C24H23Cl3N4O/c1-2-6-19-22(24(32)29-30-13-4-3-5-14-30)28-31(21-12-11-18(26)15-20(21)27)23(19)16-7-9-17(25)10-8-16/h2,7-12,15H,1,3-6,13-14H2,(H,29,32). The maximum absolute atomic E-state index is 13.3. The summed E-state index contributed by atoms with van der Waals surface area (Å²) in [6, 6.07) is 12.6. The Morgan fingerprint density at radius 1 is 1.03 bits per heavy atom. The summed E-state index contributed by atoms with van der Waals surface area (Å²) in [5, 5.41) is 8.26. The van der Waals surface area contributed by atoms with Gasteiger partial charge in [-0.3, -0.25) is 10.2 Å². The number of piperidine rings is 1. The fraction of sp³-hybridized carbons (Fsp3) is 0.250. The summed E-state index contributed by atoms with van der Waals surface area (Å²) in [5.74, 6) is -0.247. The summed E-state index contributed by atoms with van der Waals surface area (Å²) >= 11 is 18.8. The average Bonchev–Trinajstić information content (AvgIpc) is 3.14. The molecule has 32 heavy (non-hydrogen) atoms. The van der Waals surface area contributed by atoms with E-state index in [1.807, 2.05) is 29.3 Å². The number of hydrazine groups is 1. The van der Waals surface area contributed by atoms with Crippen LogP contribution in [0.5, 0.6) is 0 Å². The van der Waals surface area contributed by atoms with Gasteiger partial charge in [0.25, 0.3) is 5.91 Å². The van der Waals surface area contributed by atoms with Crippen molar-refractivity contribution in [2.75, 3.05) is 13.1 Å². The lowest BCUT2D eigenvalue weighted by molar-refractivity contribution is 0.0743. The largest absolute Gasteiger partial charge is 0.286 e. The van der Waals surface area contributed by atoms with Gasteiger partial charge in [-0.15, -0.1) is 6.58 Å². The van der Waals surface area contributed by atoms with Crippen molar-refractivity contribution in [1.29, 1.82) is 0 Å². The van der Waals surface area contributed by atoms with Gasteiger partial charge in [-0.25, -0.2) is 9.69 Å². The van der Waals surface area contributed by atoms with Crippen molar-refractivity contribution < 1.29 is 4.79 Å². The predicted octanol–water partition coefficient (Wildman–Crippen LogP) is 6.36. The molecule has 166 valence electrons. The van der Waals surface area contributed by atoms with E-state index in [2.05, 4.69) is 12.0 Å². The van der Waals surface area contributed by atoms with Crippen molar-refractivity contribution >= 4 is 40.7 Å². The zero-order chi connectivity index (χ0) is 22.7. The van der Waals surface area contributed by atoms with Gasteiger partial charge < -0.3 is 0 Å². The molecule has 1 amide bonds. The van der Waals surface area contributed by atoms with Crippen LogP contribution in [0.3, 0.4) is 0 Å². The van der Waals surface area contributed by atoms with E-state index in [9.17, 15) is 4.79 Å². The third-order valence-electron chi connectivity index (χ3n) is 5.42. The van der Waals surface area contributed by atoms with Crippen LogP contribution in [-0.4, -0.2) is 33.8 Å². The number of carbonyl (C=O) groups excluding carboxylic acids is 1. The molecule has 3 aromatic rings. The smallest absolute Gasteiger partial charge is 0.283 e. The zero-order valence-corrected chi connectivity index (χ0v) is 19.7. The average molecular weight is 490 g/mol. The fourth-order valence-corrected chi connectivity index (χ4v) is 4.52. The molecule has 1 N–H and O–H groups in total. The lowest BCUT2D eigenvalue weighted by Crippen LogP contribution is -2.45. The maximum atomic E-state index is 13.3. The summed E-state index contributed by atoms with van der Waals surface area (Å²) < 4.78 is 1.70. The lowest BCUT2D eigenvalue weighted by Gasteiger charge is -2.26. The van der Waals surface area contributed by atoms with Crippen molar-refractivity contribution in [1.82, 2.24) is 20.2 Å². The third-order valence-corrected chi connectivity index (χ3v) is 6.21. The first-order chi connectivity index (χ1) is 15.5. The van der Waals surface area contributed by atoms with Crippen molar-refractivity contribution in [3.05, 3.63) is 81.4 Å². The second kappa shape index (κ2) is 10.1. The minimum absolute atomic E-state index is 0.247. The van der Waals surface area contributed by atoms with Gasteiger partial charge in [0, 0.05) is 34.3 Å². The molecular formula is C24H23Cl3N4O. The molecule has 1 aliphatic rings. The van der Waals surface area contributed by atoms with E-state index in [0.29, 0.717) is 32.9 Å². The highest BCUT2D eigenvalue weighted by Gasteiger charge is 2.26. The zero-order valence-electron chi connectivity index (χ0n) is 17.5. The van der Waals surface area contributed by atoms with Crippen LogP contribution < -0.4 is 5.43 Å². The van der Waals surface area contributed by atoms with E-state index in [1.54, 1.807) is 29.0 Å². The van der Waals surface area contributed by atoms with Crippen molar-refractivity contribution in [3.63, 3.8) is 0 Å². The Morgan fingerprint density at radius 2 is 1.72 bits per heavy atom. The third kappa shape index (κ3) is 4.86. The number of benzene rings is 2. The second-order valence-electron chi connectivity index (χ2n) is 7.67. The Bertz CT molecular complexity index is 1130. The lowest BCUT2D eigenvalue weighted by atomic mass is 10.0. The molecule has 1 aromatic heterocycles. The van der Waals surface area contributed by atoms with Crippen LogP contribution >= 0.6 is 34.8 Å². The highest BCUT2D eigenvalue weighted by molar-refractivity contribution is 6.35. The number of aromatic nitrogens is 2. The van der Waals surface area contributed by atoms with Crippen LogP contribution in [0.25, 0.3) is 16.9 Å². The molecule has 0 saturated carbocycles. The second-order valence-corrected chi connectivity index (χ2v) is 8.95. The number of carbonyl (C=O) groups is 1. The predicted molar refractivity (Wildman–Crippen MR) is 131 cm³/mol. The number of rotatable bonds is 6. The fourth-order valence-electron chi connectivity index (χ4n) is 3.90. The number of hydrogen-bond donors (Lipinski definition) is 1. The molecule has 0 bridgehead atoms. The first-order valence-electron chi connectivity index (χ1n) is 10.5. The summed E-state index contributed by atoms with van der Waals surface area (Å²) in [5.41, 5.74) is 6.37. The normalized spacial score (nSPS) is 14.3.